The Morgan fingerprint density at radius 3 is 2.67 bits per heavy atom. The summed E-state index contributed by atoms with van der Waals surface area (Å²) in [6.07, 6.45) is 3.14. The van der Waals surface area contributed by atoms with Crippen LogP contribution in [-0.4, -0.2) is 35.7 Å². The second-order valence-electron chi connectivity index (χ2n) is 4.99. The monoisotopic (exact) mass is 210 g/mol. The van der Waals surface area contributed by atoms with Gasteiger partial charge in [0.25, 0.3) is 0 Å². The minimum atomic E-state index is -0.804. The van der Waals surface area contributed by atoms with E-state index in [0.29, 0.717) is 12.8 Å². The van der Waals surface area contributed by atoms with Crippen LogP contribution in [0.25, 0.3) is 0 Å². The van der Waals surface area contributed by atoms with Gasteiger partial charge in [0.1, 0.15) is 0 Å². The lowest BCUT2D eigenvalue weighted by Gasteiger charge is -2.39. The Hall–Kier alpha value is -0.590. The van der Waals surface area contributed by atoms with Gasteiger partial charge in [0.05, 0.1) is 17.1 Å². The highest BCUT2D eigenvalue weighted by molar-refractivity contribution is 5.09. The molecule has 3 nitrogen and oxygen atoms in total. The molecule has 1 rings (SSSR count). The Kier molecular flexibility index (Phi) is 3.75. The van der Waals surface area contributed by atoms with E-state index in [-0.39, 0.29) is 0 Å². The first-order valence-electron chi connectivity index (χ1n) is 5.79. The number of nitriles is 1. The molecule has 2 atom stereocenters. The first-order valence-corrected chi connectivity index (χ1v) is 5.79. The van der Waals surface area contributed by atoms with E-state index in [4.69, 9.17) is 0 Å². The summed E-state index contributed by atoms with van der Waals surface area (Å²) in [5.74, 6) is 0. The highest BCUT2D eigenvalue weighted by Crippen LogP contribution is 2.41. The molecule has 0 aromatic rings. The van der Waals surface area contributed by atoms with Crippen molar-refractivity contribution in [3.63, 3.8) is 0 Å². The number of hydrogen-bond acceptors (Lipinski definition) is 3. The van der Waals surface area contributed by atoms with Gasteiger partial charge in [0, 0.05) is 6.54 Å². The Morgan fingerprint density at radius 2 is 2.13 bits per heavy atom. The molecule has 0 aliphatic carbocycles. The van der Waals surface area contributed by atoms with Crippen LogP contribution < -0.4 is 0 Å². The lowest BCUT2D eigenvalue weighted by molar-refractivity contribution is -0.0598. The molecule has 0 spiro atoms. The van der Waals surface area contributed by atoms with E-state index in [9.17, 15) is 10.4 Å². The highest BCUT2D eigenvalue weighted by Gasteiger charge is 2.46. The molecule has 0 aromatic carbocycles. The Morgan fingerprint density at radius 1 is 1.47 bits per heavy atom. The number of nitrogens with zero attached hydrogens (tertiary/aromatic N) is 2. The molecule has 1 aliphatic heterocycles. The molecule has 1 fully saturated rings. The Bertz CT molecular complexity index is 261. The summed E-state index contributed by atoms with van der Waals surface area (Å²) < 4.78 is 0. The third kappa shape index (κ3) is 2.32. The molecule has 0 aromatic heterocycles. The highest BCUT2D eigenvalue weighted by atomic mass is 16.3. The molecule has 0 saturated carbocycles. The van der Waals surface area contributed by atoms with Gasteiger partial charge in [-0.2, -0.15) is 5.26 Å². The van der Waals surface area contributed by atoms with Gasteiger partial charge in [0.2, 0.25) is 0 Å². The molecule has 0 radical (unpaired) electrons. The minimum absolute atomic E-state index is 0.599. The predicted molar refractivity (Wildman–Crippen MR) is 60.3 cm³/mol. The maximum atomic E-state index is 10.6. The molecule has 0 bridgehead atoms. The summed E-state index contributed by atoms with van der Waals surface area (Å²) in [5, 5.41) is 19.9. The average molecular weight is 210 g/mol. The molecule has 1 N–H and O–H groups in total. The SMILES string of the molecule is CCC(C)(C#N)C1(O)CCCN(C)CC1. The maximum absolute atomic E-state index is 10.6. The molecule has 1 saturated heterocycles. The predicted octanol–water partition coefficient (Wildman–Crippen LogP) is 1.77. The zero-order chi connectivity index (χ0) is 11.5. The van der Waals surface area contributed by atoms with E-state index in [1.54, 1.807) is 0 Å². The molecule has 15 heavy (non-hydrogen) atoms. The van der Waals surface area contributed by atoms with E-state index in [1.807, 2.05) is 13.8 Å². The van der Waals surface area contributed by atoms with Crippen molar-refractivity contribution in [2.45, 2.75) is 45.1 Å². The quantitative estimate of drug-likeness (QED) is 0.755. The van der Waals surface area contributed by atoms with Crippen LogP contribution in [-0.2, 0) is 0 Å². The van der Waals surface area contributed by atoms with Gasteiger partial charge in [-0.15, -0.1) is 0 Å². The smallest absolute Gasteiger partial charge is 0.0843 e. The first kappa shape index (κ1) is 12.5. The average Bonchev–Trinajstić information content (AvgIpc) is 2.41. The molecule has 86 valence electrons. The van der Waals surface area contributed by atoms with Gasteiger partial charge >= 0.3 is 0 Å². The summed E-state index contributed by atoms with van der Waals surface area (Å²) >= 11 is 0. The fourth-order valence-corrected chi connectivity index (χ4v) is 2.32. The lowest BCUT2D eigenvalue weighted by Crippen LogP contribution is -2.46. The van der Waals surface area contributed by atoms with Crippen LogP contribution in [0, 0.1) is 16.7 Å². The van der Waals surface area contributed by atoms with Gasteiger partial charge in [-0.25, -0.2) is 0 Å². The minimum Gasteiger partial charge on any atom is -0.388 e. The first-order chi connectivity index (χ1) is 6.97. The number of hydrogen-bond donors (Lipinski definition) is 1. The van der Waals surface area contributed by atoms with Gasteiger partial charge in [-0.05, 0) is 46.2 Å². The van der Waals surface area contributed by atoms with Crippen molar-refractivity contribution in [3.8, 4) is 6.07 Å². The topological polar surface area (TPSA) is 47.3 Å². The number of rotatable bonds is 2. The summed E-state index contributed by atoms with van der Waals surface area (Å²) in [4.78, 5) is 2.23. The van der Waals surface area contributed by atoms with Crippen LogP contribution in [0.4, 0.5) is 0 Å². The largest absolute Gasteiger partial charge is 0.388 e. The normalized spacial score (nSPS) is 32.7. The summed E-state index contributed by atoms with van der Waals surface area (Å²) in [5.41, 5.74) is -1.40. The van der Waals surface area contributed by atoms with E-state index < -0.39 is 11.0 Å². The zero-order valence-corrected chi connectivity index (χ0v) is 10.1. The van der Waals surface area contributed by atoms with E-state index in [2.05, 4.69) is 18.0 Å². The van der Waals surface area contributed by atoms with Crippen molar-refractivity contribution in [2.24, 2.45) is 5.41 Å². The van der Waals surface area contributed by atoms with Crippen molar-refractivity contribution in [2.75, 3.05) is 20.1 Å². The van der Waals surface area contributed by atoms with Crippen LogP contribution in [0.5, 0.6) is 0 Å². The summed E-state index contributed by atoms with van der Waals surface area (Å²) in [6.45, 7) is 5.77. The standard InChI is InChI=1S/C12H22N2O/c1-4-11(2,10-13)12(15)6-5-8-14(3)9-7-12/h15H,4-9H2,1-3H3. The molecule has 1 heterocycles. The second-order valence-corrected chi connectivity index (χ2v) is 4.99. The van der Waals surface area contributed by atoms with Gasteiger partial charge < -0.3 is 10.0 Å². The fraction of sp³-hybridized carbons (Fsp3) is 0.917. The van der Waals surface area contributed by atoms with Crippen molar-refractivity contribution in [3.05, 3.63) is 0 Å². The van der Waals surface area contributed by atoms with Crippen molar-refractivity contribution < 1.29 is 5.11 Å². The van der Waals surface area contributed by atoms with Crippen LogP contribution >= 0.6 is 0 Å². The van der Waals surface area contributed by atoms with E-state index in [1.165, 1.54) is 0 Å². The molecule has 1 aliphatic rings. The second kappa shape index (κ2) is 4.51. The molecular formula is C12H22N2O. The van der Waals surface area contributed by atoms with Crippen LogP contribution in [0.2, 0.25) is 0 Å². The molecule has 0 amide bonds. The maximum Gasteiger partial charge on any atom is 0.0843 e. The number of likely N-dealkylation sites (tertiary alicyclic amines) is 1. The fourth-order valence-electron chi connectivity index (χ4n) is 2.32. The Labute approximate surface area is 92.7 Å². The van der Waals surface area contributed by atoms with Crippen LogP contribution in [0.3, 0.4) is 0 Å². The van der Waals surface area contributed by atoms with Gasteiger partial charge in [0.15, 0.2) is 0 Å². The molecule has 3 heteroatoms. The van der Waals surface area contributed by atoms with Gasteiger partial charge in [-0.3, -0.25) is 0 Å². The van der Waals surface area contributed by atoms with Crippen molar-refractivity contribution >= 4 is 0 Å². The van der Waals surface area contributed by atoms with Crippen molar-refractivity contribution in [1.29, 1.82) is 5.26 Å². The zero-order valence-electron chi connectivity index (χ0n) is 10.1. The molecule has 2 unspecified atom stereocenters. The lowest BCUT2D eigenvalue weighted by atomic mass is 9.69. The Balaban J connectivity index is 2.85. The van der Waals surface area contributed by atoms with Crippen LogP contribution in [0.1, 0.15) is 39.5 Å². The summed E-state index contributed by atoms with van der Waals surface area (Å²) in [6, 6.07) is 2.31. The van der Waals surface area contributed by atoms with Crippen molar-refractivity contribution in [1.82, 2.24) is 4.90 Å². The third-order valence-electron chi connectivity index (χ3n) is 4.02. The van der Waals surface area contributed by atoms with Crippen LogP contribution in [0.15, 0.2) is 0 Å². The summed E-state index contributed by atoms with van der Waals surface area (Å²) in [7, 11) is 2.07. The molecular weight excluding hydrogens is 188 g/mol. The van der Waals surface area contributed by atoms with E-state index in [0.717, 1.165) is 25.9 Å². The van der Waals surface area contributed by atoms with E-state index >= 15 is 0 Å². The number of aliphatic hydroxyl groups is 1. The third-order valence-corrected chi connectivity index (χ3v) is 4.02. The van der Waals surface area contributed by atoms with Gasteiger partial charge in [-0.1, -0.05) is 6.92 Å².